The van der Waals surface area contributed by atoms with Crippen LogP contribution in [-0.4, -0.2) is 41.4 Å². The number of rotatable bonds is 4. The Hall–Kier alpha value is -2.08. The van der Waals surface area contributed by atoms with E-state index in [0.717, 1.165) is 42.4 Å². The van der Waals surface area contributed by atoms with Gasteiger partial charge in [-0.1, -0.05) is 18.2 Å². The van der Waals surface area contributed by atoms with Crippen molar-refractivity contribution in [2.45, 2.75) is 25.9 Å². The van der Waals surface area contributed by atoms with Crippen LogP contribution in [0.3, 0.4) is 0 Å². The Balaban J connectivity index is 1.60. The summed E-state index contributed by atoms with van der Waals surface area (Å²) in [4.78, 5) is 14.6. The fourth-order valence-corrected chi connectivity index (χ4v) is 3.56. The lowest BCUT2D eigenvalue weighted by atomic mass is 10.1. The van der Waals surface area contributed by atoms with Gasteiger partial charge < -0.3 is 15.0 Å². The Bertz CT molecular complexity index is 664. The van der Waals surface area contributed by atoms with Crippen LogP contribution in [0.25, 0.3) is 0 Å². The van der Waals surface area contributed by atoms with Crippen molar-refractivity contribution >= 4 is 22.4 Å². The second kappa shape index (κ2) is 7.00. The maximum absolute atomic E-state index is 12.7. The van der Waals surface area contributed by atoms with Gasteiger partial charge in [-0.25, -0.2) is 0 Å². The summed E-state index contributed by atoms with van der Waals surface area (Å²) in [5.74, 6) is 0.964. The van der Waals surface area contributed by atoms with Crippen LogP contribution >= 0.6 is 11.5 Å². The molecule has 2 aromatic rings. The van der Waals surface area contributed by atoms with Crippen LogP contribution in [0.15, 0.2) is 30.3 Å². The normalized spacial score (nSPS) is 15.5. The van der Waals surface area contributed by atoms with E-state index in [1.165, 1.54) is 11.5 Å². The SMILES string of the molecule is CNc1snc(C)c1C(=O)N1CCC(Oc2ccccc2)CC1. The second-order valence-electron chi connectivity index (χ2n) is 5.64. The van der Waals surface area contributed by atoms with Crippen molar-refractivity contribution in [3.05, 3.63) is 41.6 Å². The molecule has 1 amide bonds. The Kier molecular flexibility index (Phi) is 4.81. The summed E-state index contributed by atoms with van der Waals surface area (Å²) in [6.07, 6.45) is 1.88. The quantitative estimate of drug-likeness (QED) is 0.935. The first-order valence-electron chi connectivity index (χ1n) is 7.84. The van der Waals surface area contributed by atoms with Crippen LogP contribution in [0.4, 0.5) is 5.00 Å². The summed E-state index contributed by atoms with van der Waals surface area (Å²) in [6, 6.07) is 9.86. The molecule has 6 heteroatoms. The fourth-order valence-electron chi connectivity index (χ4n) is 2.82. The molecule has 1 aromatic heterocycles. The molecule has 1 N–H and O–H groups in total. The van der Waals surface area contributed by atoms with Crippen LogP contribution < -0.4 is 10.1 Å². The van der Waals surface area contributed by atoms with Crippen molar-refractivity contribution in [3.8, 4) is 5.75 Å². The molecular formula is C17H21N3O2S. The Morgan fingerprint density at radius 2 is 2.00 bits per heavy atom. The minimum atomic E-state index is 0.0683. The van der Waals surface area contributed by atoms with Gasteiger partial charge >= 0.3 is 0 Å². The van der Waals surface area contributed by atoms with E-state index in [4.69, 9.17) is 4.74 Å². The molecule has 1 saturated heterocycles. The molecule has 1 aromatic carbocycles. The first-order valence-corrected chi connectivity index (χ1v) is 8.61. The van der Waals surface area contributed by atoms with Crippen molar-refractivity contribution in [1.82, 2.24) is 9.27 Å². The zero-order chi connectivity index (χ0) is 16.2. The van der Waals surface area contributed by atoms with E-state index >= 15 is 0 Å². The third-order valence-corrected chi connectivity index (χ3v) is 5.03. The van der Waals surface area contributed by atoms with Gasteiger partial charge in [0.25, 0.3) is 5.91 Å². The Morgan fingerprint density at radius 3 is 2.65 bits per heavy atom. The lowest BCUT2D eigenvalue weighted by Gasteiger charge is -2.32. The van der Waals surface area contributed by atoms with Gasteiger partial charge in [-0.05, 0) is 30.6 Å². The molecule has 0 atom stereocenters. The molecule has 1 aliphatic heterocycles. The smallest absolute Gasteiger partial charge is 0.258 e. The molecule has 0 bridgehead atoms. The molecule has 5 nitrogen and oxygen atoms in total. The number of hydrogen-bond acceptors (Lipinski definition) is 5. The van der Waals surface area contributed by atoms with Gasteiger partial charge in [0, 0.05) is 33.0 Å². The average molecular weight is 331 g/mol. The maximum Gasteiger partial charge on any atom is 0.258 e. The predicted molar refractivity (Wildman–Crippen MR) is 92.4 cm³/mol. The second-order valence-corrected chi connectivity index (χ2v) is 6.42. The lowest BCUT2D eigenvalue weighted by Crippen LogP contribution is -2.42. The molecular weight excluding hydrogens is 310 g/mol. The van der Waals surface area contributed by atoms with E-state index in [1.54, 1.807) is 0 Å². The zero-order valence-corrected chi connectivity index (χ0v) is 14.2. The number of carbonyl (C=O) groups is 1. The molecule has 0 radical (unpaired) electrons. The average Bonchev–Trinajstić information content (AvgIpc) is 2.96. The zero-order valence-electron chi connectivity index (χ0n) is 13.4. The summed E-state index contributed by atoms with van der Waals surface area (Å²) in [5.41, 5.74) is 1.51. The number of aryl methyl sites for hydroxylation is 1. The van der Waals surface area contributed by atoms with E-state index in [9.17, 15) is 4.79 Å². The minimum absolute atomic E-state index is 0.0683. The van der Waals surface area contributed by atoms with E-state index < -0.39 is 0 Å². The number of anilines is 1. The number of benzene rings is 1. The number of hydrogen-bond donors (Lipinski definition) is 1. The minimum Gasteiger partial charge on any atom is -0.490 e. The van der Waals surface area contributed by atoms with Crippen molar-refractivity contribution < 1.29 is 9.53 Å². The van der Waals surface area contributed by atoms with Crippen molar-refractivity contribution in [2.24, 2.45) is 0 Å². The monoisotopic (exact) mass is 331 g/mol. The molecule has 0 unspecified atom stereocenters. The van der Waals surface area contributed by atoms with E-state index in [-0.39, 0.29) is 12.0 Å². The molecule has 0 saturated carbocycles. The third kappa shape index (κ3) is 3.47. The number of piperidine rings is 1. The number of aromatic nitrogens is 1. The number of likely N-dealkylation sites (tertiary alicyclic amines) is 1. The van der Waals surface area contributed by atoms with Crippen molar-refractivity contribution in [1.29, 1.82) is 0 Å². The lowest BCUT2D eigenvalue weighted by molar-refractivity contribution is 0.0596. The number of amides is 1. The highest BCUT2D eigenvalue weighted by molar-refractivity contribution is 7.10. The van der Waals surface area contributed by atoms with E-state index in [0.29, 0.717) is 5.56 Å². The number of para-hydroxylation sites is 1. The van der Waals surface area contributed by atoms with Gasteiger partial charge in [-0.2, -0.15) is 4.37 Å². The molecule has 0 spiro atoms. The van der Waals surface area contributed by atoms with Gasteiger partial charge in [0.05, 0.1) is 11.3 Å². The summed E-state index contributed by atoms with van der Waals surface area (Å²) in [6.45, 7) is 3.32. The highest BCUT2D eigenvalue weighted by atomic mass is 32.1. The van der Waals surface area contributed by atoms with Crippen molar-refractivity contribution in [2.75, 3.05) is 25.5 Å². The Morgan fingerprint density at radius 1 is 1.30 bits per heavy atom. The van der Waals surface area contributed by atoms with Gasteiger partial charge in [0.2, 0.25) is 0 Å². The first kappa shape index (κ1) is 15.8. The first-order chi connectivity index (χ1) is 11.2. The molecule has 1 aliphatic rings. The van der Waals surface area contributed by atoms with Gasteiger partial charge in [0.1, 0.15) is 16.9 Å². The largest absolute Gasteiger partial charge is 0.490 e. The standard InChI is InChI=1S/C17H21N3O2S/c1-12-15(16(18-2)23-19-12)17(21)20-10-8-14(9-11-20)22-13-6-4-3-5-7-13/h3-7,14,18H,8-11H2,1-2H3. The molecule has 1 fully saturated rings. The summed E-state index contributed by atoms with van der Waals surface area (Å²) in [5, 5.41) is 3.90. The Labute approximate surface area is 140 Å². The van der Waals surface area contributed by atoms with Gasteiger partial charge in [-0.3, -0.25) is 4.79 Å². The summed E-state index contributed by atoms with van der Waals surface area (Å²) < 4.78 is 10.3. The van der Waals surface area contributed by atoms with Gasteiger partial charge in [0.15, 0.2) is 0 Å². The summed E-state index contributed by atoms with van der Waals surface area (Å²) in [7, 11) is 1.82. The molecule has 23 heavy (non-hydrogen) atoms. The van der Waals surface area contributed by atoms with E-state index in [2.05, 4.69) is 9.69 Å². The van der Waals surface area contributed by atoms with Crippen LogP contribution in [-0.2, 0) is 0 Å². The fraction of sp³-hybridized carbons (Fsp3) is 0.412. The third-order valence-electron chi connectivity index (χ3n) is 4.08. The molecule has 2 heterocycles. The molecule has 0 aliphatic carbocycles. The highest BCUT2D eigenvalue weighted by Gasteiger charge is 2.28. The highest BCUT2D eigenvalue weighted by Crippen LogP contribution is 2.27. The predicted octanol–water partition coefficient (Wildman–Crippen LogP) is 3.18. The van der Waals surface area contributed by atoms with Crippen LogP contribution in [0.1, 0.15) is 28.9 Å². The number of ether oxygens (including phenoxy) is 1. The van der Waals surface area contributed by atoms with Crippen LogP contribution in [0.5, 0.6) is 5.75 Å². The number of carbonyl (C=O) groups excluding carboxylic acids is 1. The topological polar surface area (TPSA) is 54.5 Å². The molecule has 122 valence electrons. The number of nitrogens with one attached hydrogen (secondary N) is 1. The molecule has 3 rings (SSSR count). The van der Waals surface area contributed by atoms with Crippen LogP contribution in [0, 0.1) is 6.92 Å². The number of nitrogens with zero attached hydrogens (tertiary/aromatic N) is 2. The maximum atomic E-state index is 12.7. The van der Waals surface area contributed by atoms with Crippen molar-refractivity contribution in [3.63, 3.8) is 0 Å². The van der Waals surface area contributed by atoms with E-state index in [1.807, 2.05) is 49.2 Å². The summed E-state index contributed by atoms with van der Waals surface area (Å²) >= 11 is 1.34. The van der Waals surface area contributed by atoms with Gasteiger partial charge in [-0.15, -0.1) is 0 Å². The van der Waals surface area contributed by atoms with Crippen LogP contribution in [0.2, 0.25) is 0 Å².